The molecule has 146 valence electrons. The van der Waals surface area contributed by atoms with Crippen LogP contribution in [0.15, 0.2) is 30.5 Å². The lowest BCUT2D eigenvalue weighted by Crippen LogP contribution is -2.44. The number of halogens is 3. The molecule has 2 heterocycles. The van der Waals surface area contributed by atoms with E-state index in [1.807, 2.05) is 13.8 Å². The van der Waals surface area contributed by atoms with E-state index in [0.717, 1.165) is 17.4 Å². The van der Waals surface area contributed by atoms with Crippen LogP contribution in [0.25, 0.3) is 0 Å². The van der Waals surface area contributed by atoms with Gasteiger partial charge < -0.3 is 10.0 Å². The fraction of sp³-hybridized carbons (Fsp3) is 0.500. The van der Waals surface area contributed by atoms with Gasteiger partial charge in [-0.3, -0.25) is 0 Å². The van der Waals surface area contributed by atoms with Gasteiger partial charge in [-0.25, -0.2) is 9.97 Å². The molecule has 0 saturated carbocycles. The lowest BCUT2D eigenvalue weighted by atomic mass is 9.74. The van der Waals surface area contributed by atoms with Gasteiger partial charge >= 0.3 is 6.18 Å². The number of nitrogens with zero attached hydrogens (tertiary/aromatic N) is 3. The highest BCUT2D eigenvalue weighted by atomic mass is 19.4. The Morgan fingerprint density at radius 1 is 1.19 bits per heavy atom. The maximum atomic E-state index is 13.0. The zero-order valence-electron chi connectivity index (χ0n) is 15.6. The van der Waals surface area contributed by atoms with Crippen LogP contribution < -0.4 is 4.90 Å². The molecule has 1 aliphatic heterocycles. The second-order valence-electron chi connectivity index (χ2n) is 7.44. The predicted octanol–water partition coefficient (Wildman–Crippen LogP) is 3.93. The number of aliphatic hydroxyl groups is 1. The molecule has 2 aromatic rings. The lowest BCUT2D eigenvalue weighted by Gasteiger charge is -2.41. The molecule has 1 aromatic heterocycles. The molecule has 0 bridgehead atoms. The van der Waals surface area contributed by atoms with Gasteiger partial charge in [-0.2, -0.15) is 13.2 Å². The van der Waals surface area contributed by atoms with Crippen LogP contribution in [0, 0.1) is 19.3 Å². The standard InChI is InChI=1S/C20H24F3N3O/c1-14-12-24-15(2)25-18(14)26-8-6-19(13-27,7-9-26)11-16-4-3-5-17(10-16)20(21,22)23/h3-5,10,12,27H,6-9,11,13H2,1-2H3. The number of alkyl halides is 3. The zero-order chi connectivity index (χ0) is 19.7. The number of hydrogen-bond acceptors (Lipinski definition) is 4. The first kappa shape index (κ1) is 19.6. The van der Waals surface area contributed by atoms with Crippen LogP contribution in [0.1, 0.15) is 35.4 Å². The number of anilines is 1. The maximum absolute atomic E-state index is 13.0. The van der Waals surface area contributed by atoms with Crippen molar-refractivity contribution in [3.63, 3.8) is 0 Å². The summed E-state index contributed by atoms with van der Waals surface area (Å²) >= 11 is 0. The molecule has 0 amide bonds. The van der Waals surface area contributed by atoms with Crippen molar-refractivity contribution in [1.82, 2.24) is 9.97 Å². The molecule has 1 saturated heterocycles. The number of hydrogen-bond donors (Lipinski definition) is 1. The quantitative estimate of drug-likeness (QED) is 0.874. The second kappa shape index (κ2) is 7.46. The van der Waals surface area contributed by atoms with Crippen molar-refractivity contribution in [3.05, 3.63) is 53.0 Å². The molecular weight excluding hydrogens is 355 g/mol. The highest BCUT2D eigenvalue weighted by molar-refractivity contribution is 5.45. The Balaban J connectivity index is 1.74. The molecular formula is C20H24F3N3O. The summed E-state index contributed by atoms with van der Waals surface area (Å²) in [5.74, 6) is 1.60. The number of piperidine rings is 1. The number of rotatable bonds is 4. The van der Waals surface area contributed by atoms with Crippen molar-refractivity contribution < 1.29 is 18.3 Å². The van der Waals surface area contributed by atoms with Crippen LogP contribution in [0.4, 0.5) is 19.0 Å². The van der Waals surface area contributed by atoms with Crippen molar-refractivity contribution >= 4 is 5.82 Å². The average Bonchev–Trinajstić information content (AvgIpc) is 2.64. The summed E-state index contributed by atoms with van der Waals surface area (Å²) < 4.78 is 38.9. The van der Waals surface area contributed by atoms with Crippen LogP contribution in [0.3, 0.4) is 0 Å². The smallest absolute Gasteiger partial charge is 0.396 e. The number of aromatic nitrogens is 2. The summed E-state index contributed by atoms with van der Waals surface area (Å²) in [5.41, 5.74) is 0.561. The number of aliphatic hydroxyl groups excluding tert-OH is 1. The zero-order valence-corrected chi connectivity index (χ0v) is 15.6. The molecule has 1 N–H and O–H groups in total. The number of aryl methyl sites for hydroxylation is 2. The van der Waals surface area contributed by atoms with Gasteiger partial charge in [0.25, 0.3) is 0 Å². The summed E-state index contributed by atoms with van der Waals surface area (Å²) in [7, 11) is 0. The molecule has 1 aromatic carbocycles. The fourth-order valence-electron chi connectivity index (χ4n) is 3.71. The predicted molar refractivity (Wildman–Crippen MR) is 97.6 cm³/mol. The summed E-state index contributed by atoms with van der Waals surface area (Å²) in [6.45, 7) is 5.18. The fourth-order valence-corrected chi connectivity index (χ4v) is 3.71. The van der Waals surface area contributed by atoms with Crippen LogP contribution in [-0.4, -0.2) is 34.8 Å². The molecule has 0 radical (unpaired) electrons. The van der Waals surface area contributed by atoms with Gasteiger partial charge in [0.15, 0.2) is 0 Å². The van der Waals surface area contributed by atoms with E-state index in [2.05, 4.69) is 14.9 Å². The van der Waals surface area contributed by atoms with Crippen molar-refractivity contribution in [2.24, 2.45) is 5.41 Å². The largest absolute Gasteiger partial charge is 0.416 e. The first-order valence-corrected chi connectivity index (χ1v) is 9.05. The number of benzene rings is 1. The van der Waals surface area contributed by atoms with Crippen LogP contribution in [-0.2, 0) is 12.6 Å². The Labute approximate surface area is 157 Å². The highest BCUT2D eigenvalue weighted by Gasteiger charge is 2.36. The van der Waals surface area contributed by atoms with Crippen molar-refractivity contribution in [2.45, 2.75) is 39.3 Å². The maximum Gasteiger partial charge on any atom is 0.416 e. The third kappa shape index (κ3) is 4.40. The Bertz CT molecular complexity index is 799. The Morgan fingerprint density at radius 3 is 2.52 bits per heavy atom. The molecule has 27 heavy (non-hydrogen) atoms. The first-order chi connectivity index (χ1) is 12.7. The van der Waals surface area contributed by atoms with Gasteiger partial charge in [-0.1, -0.05) is 18.2 Å². The normalized spacial score (nSPS) is 17.2. The first-order valence-electron chi connectivity index (χ1n) is 9.05. The summed E-state index contributed by atoms with van der Waals surface area (Å²) in [5, 5.41) is 10.0. The third-order valence-corrected chi connectivity index (χ3v) is 5.36. The van der Waals surface area contributed by atoms with Crippen LogP contribution in [0.2, 0.25) is 0 Å². The van der Waals surface area contributed by atoms with E-state index >= 15 is 0 Å². The monoisotopic (exact) mass is 379 g/mol. The van der Waals surface area contributed by atoms with Gasteiger partial charge in [-0.05, 0) is 44.7 Å². The van der Waals surface area contributed by atoms with E-state index in [4.69, 9.17) is 0 Å². The van der Waals surface area contributed by atoms with Crippen LogP contribution in [0.5, 0.6) is 0 Å². The van der Waals surface area contributed by atoms with Gasteiger partial charge in [0.05, 0.1) is 5.56 Å². The molecule has 0 aliphatic carbocycles. The second-order valence-corrected chi connectivity index (χ2v) is 7.44. The summed E-state index contributed by atoms with van der Waals surface area (Å²) in [6, 6.07) is 5.42. The topological polar surface area (TPSA) is 49.2 Å². The van der Waals surface area contributed by atoms with E-state index in [0.29, 0.717) is 43.7 Å². The van der Waals surface area contributed by atoms with E-state index in [1.165, 1.54) is 12.1 Å². The van der Waals surface area contributed by atoms with Gasteiger partial charge in [0.1, 0.15) is 11.6 Å². The molecule has 7 heteroatoms. The highest BCUT2D eigenvalue weighted by Crippen LogP contribution is 2.37. The lowest BCUT2D eigenvalue weighted by molar-refractivity contribution is -0.137. The van der Waals surface area contributed by atoms with Gasteiger partial charge in [-0.15, -0.1) is 0 Å². The Kier molecular flexibility index (Phi) is 5.42. The molecule has 1 aliphatic rings. The molecule has 3 rings (SSSR count). The minimum Gasteiger partial charge on any atom is -0.396 e. The third-order valence-electron chi connectivity index (χ3n) is 5.36. The Morgan fingerprint density at radius 2 is 1.89 bits per heavy atom. The van der Waals surface area contributed by atoms with E-state index < -0.39 is 17.2 Å². The summed E-state index contributed by atoms with van der Waals surface area (Å²) in [6.07, 6.45) is -0.726. The Hall–Kier alpha value is -2.15. The van der Waals surface area contributed by atoms with Gasteiger partial charge in [0.2, 0.25) is 0 Å². The summed E-state index contributed by atoms with van der Waals surface area (Å²) in [4.78, 5) is 10.9. The minimum absolute atomic E-state index is 0.0428. The van der Waals surface area contributed by atoms with Crippen LogP contribution >= 0.6 is 0 Å². The molecule has 0 unspecified atom stereocenters. The SMILES string of the molecule is Cc1ncc(C)c(N2CCC(CO)(Cc3cccc(C(F)(F)F)c3)CC2)n1. The average molecular weight is 379 g/mol. The molecule has 0 spiro atoms. The van der Waals surface area contributed by atoms with Crippen molar-refractivity contribution in [2.75, 3.05) is 24.6 Å². The van der Waals surface area contributed by atoms with E-state index in [9.17, 15) is 18.3 Å². The minimum atomic E-state index is -4.35. The van der Waals surface area contributed by atoms with Gasteiger partial charge in [0, 0.05) is 36.9 Å². The van der Waals surface area contributed by atoms with E-state index in [1.54, 1.807) is 12.3 Å². The molecule has 1 fully saturated rings. The molecule has 0 atom stereocenters. The van der Waals surface area contributed by atoms with Crippen molar-refractivity contribution in [1.29, 1.82) is 0 Å². The van der Waals surface area contributed by atoms with E-state index in [-0.39, 0.29) is 6.61 Å². The molecule has 4 nitrogen and oxygen atoms in total. The van der Waals surface area contributed by atoms with Crippen molar-refractivity contribution in [3.8, 4) is 0 Å².